The largest absolute Gasteiger partial charge is 0.541 e. The summed E-state index contributed by atoms with van der Waals surface area (Å²) in [6.07, 6.45) is 1.73. The van der Waals surface area contributed by atoms with E-state index in [4.69, 9.17) is 5.11 Å². The average Bonchev–Trinajstić information content (AvgIpc) is 2.57. The molecule has 1 aliphatic rings. The summed E-state index contributed by atoms with van der Waals surface area (Å²) in [4.78, 5) is 46.0. The number of carboxylic acids is 1. The number of imide groups is 1. The van der Waals surface area contributed by atoms with Gasteiger partial charge in [-0.3, -0.25) is 25.6 Å². The van der Waals surface area contributed by atoms with Gasteiger partial charge in [-0.1, -0.05) is 42.5 Å². The minimum atomic E-state index is -1.06. The van der Waals surface area contributed by atoms with Crippen molar-refractivity contribution in [1.82, 2.24) is 4.90 Å². The van der Waals surface area contributed by atoms with E-state index >= 15 is 0 Å². The van der Waals surface area contributed by atoms with E-state index in [1.165, 1.54) is 18.7 Å². The Morgan fingerprint density at radius 2 is 1.29 bits per heavy atom. The molecule has 0 aromatic heterocycles. The summed E-state index contributed by atoms with van der Waals surface area (Å²) in [5.74, 6) is -1.08. The van der Waals surface area contributed by atoms with Crippen LogP contribution < -0.4 is 0 Å². The van der Waals surface area contributed by atoms with E-state index in [-0.39, 0.29) is 66.8 Å². The Balaban J connectivity index is -0.000000112. The van der Waals surface area contributed by atoms with Gasteiger partial charge in [0.05, 0.1) is 10.8 Å². The van der Waals surface area contributed by atoms with Crippen molar-refractivity contribution in [3.05, 3.63) is 7.43 Å². The zero-order valence-corrected chi connectivity index (χ0v) is 20.7. The molecule has 0 unspecified atom stereocenters. The molecule has 1 saturated heterocycles. The molecule has 2 amide bonds. The van der Waals surface area contributed by atoms with E-state index in [0.29, 0.717) is 6.54 Å². The number of amides is 2. The van der Waals surface area contributed by atoms with Crippen molar-refractivity contribution in [3.8, 4) is 0 Å². The molecule has 0 bridgehead atoms. The Labute approximate surface area is 198 Å². The van der Waals surface area contributed by atoms with E-state index in [0.717, 1.165) is 0 Å². The summed E-state index contributed by atoms with van der Waals surface area (Å²) >= 11 is 0. The maximum Gasteiger partial charge on any atom is 0.307 e. The molecule has 1 rings (SSSR count). The summed E-state index contributed by atoms with van der Waals surface area (Å²) in [5, 5.41) is 8.73. The molecule has 1 N–H and O–H groups in total. The van der Waals surface area contributed by atoms with Gasteiger partial charge in [0.1, 0.15) is 0 Å². The van der Waals surface area contributed by atoms with Gasteiger partial charge in [0.15, 0.2) is 0 Å². The average molecular weight is 476 g/mol. The number of nitrogens with zero attached hydrogens (tertiary/aromatic N) is 1. The Morgan fingerprint density at radius 1 is 1.00 bits per heavy atom. The van der Waals surface area contributed by atoms with Crippen LogP contribution in [0.3, 0.4) is 0 Å². The molecule has 0 aliphatic carbocycles. The molecule has 1 fully saturated rings. The van der Waals surface area contributed by atoms with Gasteiger partial charge in [-0.25, -0.2) is 0 Å². The molecule has 7 heteroatoms. The molecule has 6 nitrogen and oxygen atoms in total. The predicted molar refractivity (Wildman–Crippen MR) is 111 cm³/mol. The molecule has 0 aromatic carbocycles. The quantitative estimate of drug-likeness (QED) is 0.480. The Hall–Kier alpha value is -0.616. The third-order valence-corrected chi connectivity index (χ3v) is 5.79. The fourth-order valence-corrected chi connectivity index (χ4v) is 1.98. The van der Waals surface area contributed by atoms with E-state index in [2.05, 4.69) is 0 Å². The van der Waals surface area contributed by atoms with Crippen LogP contribution in [0.25, 0.3) is 0 Å². The van der Waals surface area contributed by atoms with Crippen LogP contribution >= 0.6 is 0 Å². The summed E-state index contributed by atoms with van der Waals surface area (Å²) in [7, 11) is 0. The summed E-state index contributed by atoms with van der Waals surface area (Å²) in [5.41, 5.74) is -3.15. The van der Waals surface area contributed by atoms with Crippen LogP contribution in [0.2, 0.25) is 0 Å². The zero-order chi connectivity index (χ0) is 19.7. The van der Waals surface area contributed by atoms with Crippen molar-refractivity contribution in [2.45, 2.75) is 77.2 Å². The number of hydrogen-bond donors (Lipinski definition) is 1. The first-order chi connectivity index (χ1) is 10.5. The second kappa shape index (κ2) is 12.2. The first-order valence-electron chi connectivity index (χ1n) is 8.01. The first kappa shape index (κ1) is 38.0. The van der Waals surface area contributed by atoms with Gasteiger partial charge in [0.25, 0.3) is 0 Å². The molecule has 1 aliphatic heterocycles. The predicted octanol–water partition coefficient (Wildman–Crippen LogP) is 4.38. The monoisotopic (exact) mass is 476 g/mol. The molecule has 1 radical (unpaired) electrons. The zero-order valence-electron chi connectivity index (χ0n) is 17.8. The molecule has 165 valence electrons. The van der Waals surface area contributed by atoms with Crippen LogP contribution in [0.15, 0.2) is 0 Å². The number of rotatable bonds is 4. The fourth-order valence-electron chi connectivity index (χ4n) is 1.98. The summed E-state index contributed by atoms with van der Waals surface area (Å²) in [6.45, 7) is 15.8. The minimum Gasteiger partial charge on any atom is -0.541 e. The third-order valence-electron chi connectivity index (χ3n) is 5.79. The second-order valence-electron chi connectivity index (χ2n) is 8.26. The van der Waals surface area contributed by atoms with Crippen molar-refractivity contribution in [2.24, 2.45) is 21.7 Å². The molecule has 0 saturated carbocycles. The third kappa shape index (κ3) is 6.45. The number of aliphatic carboxylic acids is 1. The summed E-state index contributed by atoms with van der Waals surface area (Å²) < 4.78 is 0. The smallest absolute Gasteiger partial charge is 0.307 e. The van der Waals surface area contributed by atoms with Crippen molar-refractivity contribution in [3.63, 3.8) is 0 Å². The topological polar surface area (TPSA) is 91.8 Å². The van der Waals surface area contributed by atoms with Gasteiger partial charge in [-0.05, 0) is 34.6 Å². The van der Waals surface area contributed by atoms with Crippen LogP contribution in [0.1, 0.15) is 77.2 Å². The van der Waals surface area contributed by atoms with Crippen LogP contribution in [-0.2, 0) is 51.9 Å². The van der Waals surface area contributed by atoms with Crippen LogP contribution in [0.5, 0.6) is 0 Å². The molecular weight excluding hydrogens is 435 g/mol. The number of carboxylic acid groups (broad SMARTS) is 1. The minimum absolute atomic E-state index is 0. The van der Waals surface area contributed by atoms with E-state index < -0.39 is 27.6 Å². The molecule has 1 heterocycles. The molecule has 0 spiro atoms. The number of likely N-dealkylation sites (tertiary alicyclic amines) is 1. The summed E-state index contributed by atoms with van der Waals surface area (Å²) in [6, 6.07) is 0. The van der Waals surface area contributed by atoms with E-state index in [9.17, 15) is 19.2 Å². The van der Waals surface area contributed by atoms with Gasteiger partial charge in [0, 0.05) is 44.7 Å². The van der Waals surface area contributed by atoms with Crippen LogP contribution in [0.4, 0.5) is 0 Å². The number of carbonyl (C=O) groups is 3. The van der Waals surface area contributed by atoms with Crippen molar-refractivity contribution >= 4 is 24.1 Å². The molecular formula is C21H41NO5Y-2. The van der Waals surface area contributed by atoms with Gasteiger partial charge >= 0.3 is 5.97 Å². The van der Waals surface area contributed by atoms with Gasteiger partial charge in [-0.2, -0.15) is 0 Å². The number of carbonyl (C=O) groups excluding carboxylic acids is 3. The van der Waals surface area contributed by atoms with E-state index in [1.54, 1.807) is 20.1 Å². The van der Waals surface area contributed by atoms with Crippen LogP contribution in [0, 0.1) is 29.1 Å². The molecule has 0 atom stereocenters. The van der Waals surface area contributed by atoms with Crippen molar-refractivity contribution < 1.29 is 57.0 Å². The van der Waals surface area contributed by atoms with Gasteiger partial charge in [-0.15, -0.1) is 5.41 Å². The molecule has 0 aromatic rings. The Morgan fingerprint density at radius 3 is 1.39 bits per heavy atom. The standard InChI is InChI=1S/C10H17NO2.C8H13O3.2CH4.CH3.Y/c1-6-11-7(12)9(2,3)10(4,5)8(11)13;1-7(2,5-9)8(3,4)6(10)11;;;;/h6H2,1-5H3;1-4H3,(H,10,11);2*1H4;1H3;/q;-1;;;-1;. The Kier molecular flexibility index (Phi) is 16.5. The SMILES string of the molecule is C.C.CC(C)([C-]=O)C(C)(C)C(=O)O.CCN1C(=O)C(C)(C)C(C)(C)C1=O.[CH3-].[Y]. The first-order valence-corrected chi connectivity index (χ1v) is 8.01. The maximum absolute atomic E-state index is 11.8. The Bertz CT molecular complexity index is 525. The van der Waals surface area contributed by atoms with Gasteiger partial charge in [0.2, 0.25) is 11.8 Å². The van der Waals surface area contributed by atoms with Crippen LogP contribution in [-0.4, -0.2) is 40.6 Å². The maximum atomic E-state index is 11.8. The second-order valence-corrected chi connectivity index (χ2v) is 8.26. The fraction of sp³-hybridized carbons (Fsp3) is 0.762. The molecule has 28 heavy (non-hydrogen) atoms. The normalized spacial score (nSPS) is 16.8. The van der Waals surface area contributed by atoms with Crippen molar-refractivity contribution in [2.75, 3.05) is 6.54 Å². The van der Waals surface area contributed by atoms with Crippen molar-refractivity contribution in [1.29, 1.82) is 0 Å². The number of hydrogen-bond acceptors (Lipinski definition) is 4. The van der Waals surface area contributed by atoms with Gasteiger partial charge < -0.3 is 17.3 Å². The van der Waals surface area contributed by atoms with E-state index in [1.807, 2.05) is 34.6 Å².